The van der Waals surface area contributed by atoms with Crippen LogP contribution < -0.4 is 14.8 Å². The zero-order valence-corrected chi connectivity index (χ0v) is 17.0. The van der Waals surface area contributed by atoms with Crippen molar-refractivity contribution in [3.63, 3.8) is 0 Å². The van der Waals surface area contributed by atoms with Crippen LogP contribution in [0, 0.1) is 6.92 Å². The predicted octanol–water partition coefficient (Wildman–Crippen LogP) is 3.86. The van der Waals surface area contributed by atoms with E-state index in [1.165, 1.54) is 30.5 Å². The van der Waals surface area contributed by atoms with Crippen molar-refractivity contribution < 1.29 is 17.9 Å². The average Bonchev–Trinajstić information content (AvgIpc) is 2.70. The second-order valence-corrected chi connectivity index (χ2v) is 8.21. The minimum Gasteiger partial charge on any atom is -0.484 e. The Labute approximate surface area is 173 Å². The van der Waals surface area contributed by atoms with Gasteiger partial charge < -0.3 is 10.1 Å². The number of benzene rings is 2. The summed E-state index contributed by atoms with van der Waals surface area (Å²) >= 11 is 5.96. The molecule has 1 heterocycles. The van der Waals surface area contributed by atoms with Gasteiger partial charge in [0.15, 0.2) is 6.61 Å². The maximum Gasteiger partial charge on any atom is 0.262 e. The standard InChI is InChI=1S/C20H18ClN3O4S/c1-14-11-17(6-9-19(14)21)28-13-20(25)23-15-4-7-18(8-5-15)29(26,27)24-16-3-2-10-22-12-16/h2-12,24H,13H2,1H3,(H,23,25). The van der Waals surface area contributed by atoms with Gasteiger partial charge in [-0.2, -0.15) is 0 Å². The number of carbonyl (C=O) groups excluding carboxylic acids is 1. The van der Waals surface area contributed by atoms with Crippen LogP contribution in [0.3, 0.4) is 0 Å². The number of hydrogen-bond acceptors (Lipinski definition) is 5. The number of pyridine rings is 1. The monoisotopic (exact) mass is 431 g/mol. The number of anilines is 2. The van der Waals surface area contributed by atoms with Gasteiger partial charge in [-0.25, -0.2) is 8.42 Å². The molecule has 29 heavy (non-hydrogen) atoms. The van der Waals surface area contributed by atoms with Crippen LogP contribution in [-0.2, 0) is 14.8 Å². The molecule has 0 saturated carbocycles. The van der Waals surface area contributed by atoms with E-state index in [-0.39, 0.29) is 17.4 Å². The van der Waals surface area contributed by atoms with Crippen LogP contribution in [0.15, 0.2) is 71.9 Å². The lowest BCUT2D eigenvalue weighted by molar-refractivity contribution is -0.118. The lowest BCUT2D eigenvalue weighted by Crippen LogP contribution is -2.20. The van der Waals surface area contributed by atoms with Crippen molar-refractivity contribution in [2.75, 3.05) is 16.6 Å². The highest BCUT2D eigenvalue weighted by Gasteiger charge is 2.14. The number of hydrogen-bond donors (Lipinski definition) is 2. The average molecular weight is 432 g/mol. The SMILES string of the molecule is Cc1cc(OCC(=O)Nc2ccc(S(=O)(=O)Nc3cccnc3)cc2)ccc1Cl. The van der Waals surface area contributed by atoms with Crippen LogP contribution in [0.4, 0.5) is 11.4 Å². The van der Waals surface area contributed by atoms with Crippen LogP contribution in [0.25, 0.3) is 0 Å². The molecule has 0 spiro atoms. The summed E-state index contributed by atoms with van der Waals surface area (Å²) in [5, 5.41) is 3.27. The third-order valence-electron chi connectivity index (χ3n) is 3.86. The van der Waals surface area contributed by atoms with Crippen molar-refractivity contribution in [3.8, 4) is 5.75 Å². The maximum absolute atomic E-state index is 12.4. The van der Waals surface area contributed by atoms with Crippen molar-refractivity contribution in [1.82, 2.24) is 4.98 Å². The first kappa shape index (κ1) is 20.6. The molecule has 2 N–H and O–H groups in total. The van der Waals surface area contributed by atoms with Gasteiger partial charge in [-0.05, 0) is 67.1 Å². The molecular weight excluding hydrogens is 414 g/mol. The number of nitrogens with one attached hydrogen (secondary N) is 2. The number of halogens is 1. The first-order chi connectivity index (χ1) is 13.8. The third kappa shape index (κ3) is 5.69. The van der Waals surface area contributed by atoms with E-state index in [1.807, 2.05) is 6.92 Å². The Morgan fingerprint density at radius 3 is 2.52 bits per heavy atom. The Kier molecular flexibility index (Phi) is 6.36. The van der Waals surface area contributed by atoms with Gasteiger partial charge in [0.05, 0.1) is 16.8 Å². The number of amides is 1. The lowest BCUT2D eigenvalue weighted by Gasteiger charge is -2.10. The number of rotatable bonds is 7. The molecule has 0 bridgehead atoms. The number of aromatic nitrogens is 1. The molecule has 150 valence electrons. The number of ether oxygens (including phenoxy) is 1. The molecule has 1 amide bonds. The number of nitrogens with zero attached hydrogens (tertiary/aromatic N) is 1. The molecule has 0 saturated heterocycles. The van der Waals surface area contributed by atoms with E-state index in [2.05, 4.69) is 15.0 Å². The van der Waals surface area contributed by atoms with Crippen LogP contribution in [0.5, 0.6) is 5.75 Å². The Balaban J connectivity index is 1.58. The Morgan fingerprint density at radius 1 is 1.10 bits per heavy atom. The summed E-state index contributed by atoms with van der Waals surface area (Å²) in [7, 11) is -3.75. The summed E-state index contributed by atoms with van der Waals surface area (Å²) in [6, 6.07) is 14.1. The predicted molar refractivity (Wildman–Crippen MR) is 112 cm³/mol. The highest BCUT2D eigenvalue weighted by molar-refractivity contribution is 7.92. The van der Waals surface area contributed by atoms with E-state index in [9.17, 15) is 13.2 Å². The molecule has 2 aromatic carbocycles. The highest BCUT2D eigenvalue weighted by atomic mass is 35.5. The topological polar surface area (TPSA) is 97.4 Å². The second kappa shape index (κ2) is 8.93. The first-order valence-corrected chi connectivity index (χ1v) is 10.4. The molecule has 3 rings (SSSR count). The summed E-state index contributed by atoms with van der Waals surface area (Å²) in [5.41, 5.74) is 1.66. The van der Waals surface area contributed by atoms with Crippen molar-refractivity contribution in [2.45, 2.75) is 11.8 Å². The van der Waals surface area contributed by atoms with E-state index < -0.39 is 10.0 Å². The van der Waals surface area contributed by atoms with Gasteiger partial charge in [0.2, 0.25) is 0 Å². The van der Waals surface area contributed by atoms with E-state index >= 15 is 0 Å². The molecule has 0 aliphatic heterocycles. The molecule has 0 fully saturated rings. The van der Waals surface area contributed by atoms with E-state index in [0.29, 0.717) is 22.1 Å². The Hall–Kier alpha value is -3.10. The third-order valence-corrected chi connectivity index (χ3v) is 5.68. The molecule has 0 unspecified atom stereocenters. The van der Waals surface area contributed by atoms with Crippen molar-refractivity contribution in [3.05, 3.63) is 77.6 Å². The Bertz CT molecular complexity index is 1100. The lowest BCUT2D eigenvalue weighted by atomic mass is 10.2. The van der Waals surface area contributed by atoms with Gasteiger partial charge in [0, 0.05) is 16.9 Å². The molecule has 0 atom stereocenters. The van der Waals surface area contributed by atoms with Crippen molar-refractivity contribution in [2.24, 2.45) is 0 Å². The van der Waals surface area contributed by atoms with E-state index in [4.69, 9.17) is 16.3 Å². The normalized spacial score (nSPS) is 11.0. The minimum atomic E-state index is -3.75. The molecule has 3 aromatic rings. The molecule has 1 aromatic heterocycles. The molecule has 0 radical (unpaired) electrons. The summed E-state index contributed by atoms with van der Waals surface area (Å²) in [4.78, 5) is 16.0. The number of carbonyl (C=O) groups is 1. The minimum absolute atomic E-state index is 0.0623. The largest absolute Gasteiger partial charge is 0.484 e. The number of aryl methyl sites for hydroxylation is 1. The van der Waals surface area contributed by atoms with Crippen molar-refractivity contribution >= 4 is 38.9 Å². The van der Waals surface area contributed by atoms with Crippen LogP contribution >= 0.6 is 11.6 Å². The zero-order chi connectivity index (χ0) is 20.9. The highest BCUT2D eigenvalue weighted by Crippen LogP contribution is 2.21. The summed E-state index contributed by atoms with van der Waals surface area (Å²) < 4.78 is 32.7. The van der Waals surface area contributed by atoms with Gasteiger partial charge in [-0.3, -0.25) is 14.5 Å². The van der Waals surface area contributed by atoms with E-state index in [1.54, 1.807) is 36.5 Å². The summed E-state index contributed by atoms with van der Waals surface area (Å²) in [6.45, 7) is 1.65. The summed E-state index contributed by atoms with van der Waals surface area (Å²) in [5.74, 6) is 0.159. The fourth-order valence-corrected chi connectivity index (χ4v) is 3.57. The van der Waals surface area contributed by atoms with Gasteiger partial charge in [-0.1, -0.05) is 11.6 Å². The molecule has 0 aliphatic carbocycles. The van der Waals surface area contributed by atoms with Crippen LogP contribution in [0.2, 0.25) is 5.02 Å². The molecule has 9 heteroatoms. The molecular formula is C20H18ClN3O4S. The molecule has 0 aliphatic rings. The first-order valence-electron chi connectivity index (χ1n) is 8.55. The smallest absolute Gasteiger partial charge is 0.262 e. The quantitative estimate of drug-likeness (QED) is 0.592. The fourth-order valence-electron chi connectivity index (χ4n) is 2.41. The van der Waals surface area contributed by atoms with E-state index in [0.717, 1.165) is 5.56 Å². The second-order valence-electron chi connectivity index (χ2n) is 6.12. The Morgan fingerprint density at radius 2 is 1.86 bits per heavy atom. The van der Waals surface area contributed by atoms with Gasteiger partial charge in [0.1, 0.15) is 5.75 Å². The summed E-state index contributed by atoms with van der Waals surface area (Å²) in [6.07, 6.45) is 2.96. The molecule has 7 nitrogen and oxygen atoms in total. The zero-order valence-electron chi connectivity index (χ0n) is 15.4. The number of sulfonamides is 1. The fraction of sp³-hybridized carbons (Fsp3) is 0.100. The van der Waals surface area contributed by atoms with Gasteiger partial charge in [0.25, 0.3) is 15.9 Å². The van der Waals surface area contributed by atoms with Gasteiger partial charge >= 0.3 is 0 Å². The van der Waals surface area contributed by atoms with Gasteiger partial charge in [-0.15, -0.1) is 0 Å². The van der Waals surface area contributed by atoms with Crippen molar-refractivity contribution in [1.29, 1.82) is 0 Å². The maximum atomic E-state index is 12.4. The van der Waals surface area contributed by atoms with Crippen LogP contribution in [0.1, 0.15) is 5.56 Å². The van der Waals surface area contributed by atoms with Crippen LogP contribution in [-0.4, -0.2) is 25.9 Å².